The first-order valence-electron chi connectivity index (χ1n) is 6.59. The van der Waals surface area contributed by atoms with E-state index in [2.05, 4.69) is 19.2 Å². The van der Waals surface area contributed by atoms with E-state index in [1.54, 1.807) is 7.11 Å². The SMILES string of the molecule is CNC(CCCC(C)C)c1ccc(OC)cc1F. The third kappa shape index (κ3) is 4.30. The van der Waals surface area contributed by atoms with Gasteiger partial charge in [-0.05, 0) is 25.5 Å². The zero-order valence-corrected chi connectivity index (χ0v) is 11.8. The van der Waals surface area contributed by atoms with Crippen molar-refractivity contribution in [1.29, 1.82) is 0 Å². The predicted molar refractivity (Wildman–Crippen MR) is 73.4 cm³/mol. The maximum Gasteiger partial charge on any atom is 0.131 e. The van der Waals surface area contributed by atoms with E-state index in [9.17, 15) is 4.39 Å². The van der Waals surface area contributed by atoms with Crippen molar-refractivity contribution in [1.82, 2.24) is 5.32 Å². The van der Waals surface area contributed by atoms with Crippen LogP contribution < -0.4 is 10.1 Å². The Bertz CT molecular complexity index is 366. The van der Waals surface area contributed by atoms with E-state index in [0.717, 1.165) is 18.4 Å². The minimum atomic E-state index is -0.196. The normalized spacial score (nSPS) is 12.8. The van der Waals surface area contributed by atoms with Crippen molar-refractivity contribution in [2.24, 2.45) is 5.92 Å². The molecule has 3 heteroatoms. The molecule has 0 aromatic heterocycles. The largest absolute Gasteiger partial charge is 0.497 e. The Morgan fingerprint density at radius 1 is 1.28 bits per heavy atom. The topological polar surface area (TPSA) is 21.3 Å². The highest BCUT2D eigenvalue weighted by Gasteiger charge is 2.14. The van der Waals surface area contributed by atoms with Gasteiger partial charge in [0.05, 0.1) is 7.11 Å². The van der Waals surface area contributed by atoms with E-state index in [1.165, 1.54) is 12.5 Å². The zero-order chi connectivity index (χ0) is 13.5. The molecule has 0 aliphatic heterocycles. The summed E-state index contributed by atoms with van der Waals surface area (Å²) in [6, 6.07) is 5.15. The van der Waals surface area contributed by atoms with Gasteiger partial charge >= 0.3 is 0 Å². The number of halogens is 1. The molecule has 1 unspecified atom stereocenters. The molecule has 1 rings (SSSR count). The van der Waals surface area contributed by atoms with Gasteiger partial charge in [0.25, 0.3) is 0 Å². The van der Waals surface area contributed by atoms with Crippen molar-refractivity contribution in [3.8, 4) is 5.75 Å². The van der Waals surface area contributed by atoms with E-state index in [0.29, 0.717) is 11.7 Å². The molecule has 0 amide bonds. The van der Waals surface area contributed by atoms with Gasteiger partial charge in [-0.15, -0.1) is 0 Å². The Hall–Kier alpha value is -1.09. The van der Waals surface area contributed by atoms with E-state index < -0.39 is 0 Å². The molecule has 1 aromatic carbocycles. The molecule has 1 aromatic rings. The molecule has 18 heavy (non-hydrogen) atoms. The standard InChI is InChI=1S/C15H24FNO/c1-11(2)6-5-7-15(17-3)13-9-8-12(18-4)10-14(13)16/h8-11,15,17H,5-7H2,1-4H3. The van der Waals surface area contributed by atoms with Gasteiger partial charge in [0.15, 0.2) is 0 Å². The molecule has 0 fully saturated rings. The van der Waals surface area contributed by atoms with Crippen LogP contribution in [0.3, 0.4) is 0 Å². The van der Waals surface area contributed by atoms with Crippen molar-refractivity contribution < 1.29 is 9.13 Å². The van der Waals surface area contributed by atoms with Crippen LogP contribution in [0.5, 0.6) is 5.75 Å². The highest BCUT2D eigenvalue weighted by Crippen LogP contribution is 2.25. The monoisotopic (exact) mass is 253 g/mol. The molecule has 1 atom stereocenters. The second-order valence-electron chi connectivity index (χ2n) is 5.05. The second kappa shape index (κ2) is 7.37. The maximum atomic E-state index is 13.9. The average Bonchev–Trinajstić information content (AvgIpc) is 2.35. The van der Waals surface area contributed by atoms with Crippen LogP contribution in [0.2, 0.25) is 0 Å². The summed E-state index contributed by atoms with van der Waals surface area (Å²) in [5.74, 6) is 1.06. The van der Waals surface area contributed by atoms with Crippen molar-refractivity contribution in [3.63, 3.8) is 0 Å². The van der Waals surface area contributed by atoms with Gasteiger partial charge in [-0.3, -0.25) is 0 Å². The lowest BCUT2D eigenvalue weighted by Crippen LogP contribution is -2.17. The highest BCUT2D eigenvalue weighted by atomic mass is 19.1. The van der Waals surface area contributed by atoms with Crippen LogP contribution >= 0.6 is 0 Å². The third-order valence-corrected chi connectivity index (χ3v) is 3.21. The summed E-state index contributed by atoms with van der Waals surface area (Å²) >= 11 is 0. The first kappa shape index (κ1) is 15.0. The Balaban J connectivity index is 2.69. The molecule has 102 valence electrons. The summed E-state index contributed by atoms with van der Waals surface area (Å²) in [6.45, 7) is 4.42. The van der Waals surface area contributed by atoms with E-state index in [4.69, 9.17) is 4.74 Å². The van der Waals surface area contributed by atoms with Gasteiger partial charge in [-0.1, -0.05) is 32.8 Å². The van der Waals surface area contributed by atoms with Crippen LogP contribution in [-0.2, 0) is 0 Å². The van der Waals surface area contributed by atoms with Gasteiger partial charge in [0, 0.05) is 17.7 Å². The summed E-state index contributed by atoms with van der Waals surface area (Å²) in [7, 11) is 3.43. The number of hydrogen-bond donors (Lipinski definition) is 1. The Morgan fingerprint density at radius 2 is 2.00 bits per heavy atom. The van der Waals surface area contributed by atoms with Crippen LogP contribution in [0.4, 0.5) is 4.39 Å². The summed E-state index contributed by atoms with van der Waals surface area (Å²) < 4.78 is 19.0. The molecule has 2 nitrogen and oxygen atoms in total. The van der Waals surface area contributed by atoms with Crippen LogP contribution in [0, 0.1) is 11.7 Å². The van der Waals surface area contributed by atoms with Gasteiger partial charge in [-0.2, -0.15) is 0 Å². The van der Waals surface area contributed by atoms with Gasteiger partial charge in [-0.25, -0.2) is 4.39 Å². The summed E-state index contributed by atoms with van der Waals surface area (Å²) in [5, 5.41) is 3.19. The molecule has 0 radical (unpaired) electrons. The van der Waals surface area contributed by atoms with Crippen molar-refractivity contribution in [2.75, 3.05) is 14.2 Å². The summed E-state index contributed by atoms with van der Waals surface area (Å²) in [6.07, 6.45) is 3.24. The quantitative estimate of drug-likeness (QED) is 0.795. The number of rotatable bonds is 7. The number of benzene rings is 1. The molecule has 0 heterocycles. The zero-order valence-electron chi connectivity index (χ0n) is 11.8. The van der Waals surface area contributed by atoms with Gasteiger partial charge < -0.3 is 10.1 Å². The lowest BCUT2D eigenvalue weighted by Gasteiger charge is -2.18. The molecule has 0 saturated heterocycles. The maximum absolute atomic E-state index is 13.9. The number of nitrogens with one attached hydrogen (secondary N) is 1. The smallest absolute Gasteiger partial charge is 0.131 e. The van der Waals surface area contributed by atoms with Gasteiger partial charge in [0.1, 0.15) is 11.6 Å². The summed E-state index contributed by atoms with van der Waals surface area (Å²) in [4.78, 5) is 0. The fourth-order valence-corrected chi connectivity index (χ4v) is 2.10. The van der Waals surface area contributed by atoms with Gasteiger partial charge in [0.2, 0.25) is 0 Å². The molecule has 0 aliphatic rings. The fraction of sp³-hybridized carbons (Fsp3) is 0.600. The lowest BCUT2D eigenvalue weighted by atomic mass is 9.97. The first-order valence-corrected chi connectivity index (χ1v) is 6.59. The molecule has 0 spiro atoms. The number of hydrogen-bond acceptors (Lipinski definition) is 2. The van der Waals surface area contributed by atoms with Crippen LogP contribution in [0.1, 0.15) is 44.7 Å². The Morgan fingerprint density at radius 3 is 2.50 bits per heavy atom. The molecular weight excluding hydrogens is 229 g/mol. The van der Waals surface area contributed by atoms with Crippen LogP contribution in [-0.4, -0.2) is 14.2 Å². The summed E-state index contributed by atoms with van der Waals surface area (Å²) in [5.41, 5.74) is 0.724. The second-order valence-corrected chi connectivity index (χ2v) is 5.05. The minimum Gasteiger partial charge on any atom is -0.497 e. The first-order chi connectivity index (χ1) is 8.58. The number of methoxy groups -OCH3 is 1. The molecule has 0 bridgehead atoms. The van der Waals surface area contributed by atoms with Crippen molar-refractivity contribution in [3.05, 3.63) is 29.6 Å². The van der Waals surface area contributed by atoms with E-state index in [1.807, 2.05) is 19.2 Å². The average molecular weight is 253 g/mol. The highest BCUT2D eigenvalue weighted by molar-refractivity contribution is 5.30. The van der Waals surface area contributed by atoms with E-state index >= 15 is 0 Å². The molecule has 0 saturated carbocycles. The fourth-order valence-electron chi connectivity index (χ4n) is 2.10. The Labute approximate surface area is 110 Å². The lowest BCUT2D eigenvalue weighted by molar-refractivity contribution is 0.408. The predicted octanol–water partition coefficient (Wildman–Crippen LogP) is 3.92. The molecular formula is C15H24FNO. The molecule has 0 aliphatic carbocycles. The number of ether oxygens (including phenoxy) is 1. The van der Waals surface area contributed by atoms with Crippen molar-refractivity contribution in [2.45, 2.75) is 39.2 Å². The van der Waals surface area contributed by atoms with Crippen molar-refractivity contribution >= 4 is 0 Å². The minimum absolute atomic E-state index is 0.0784. The third-order valence-electron chi connectivity index (χ3n) is 3.21. The van der Waals surface area contributed by atoms with E-state index in [-0.39, 0.29) is 11.9 Å². The van der Waals surface area contributed by atoms with Crippen LogP contribution in [0.15, 0.2) is 18.2 Å². The van der Waals surface area contributed by atoms with Crippen LogP contribution in [0.25, 0.3) is 0 Å². The Kier molecular flexibility index (Phi) is 6.13. The molecule has 1 N–H and O–H groups in total.